The molecule has 0 aromatic heterocycles. The van der Waals surface area contributed by atoms with Crippen LogP contribution >= 0.6 is 0 Å². The Hall–Kier alpha value is -1.34. The summed E-state index contributed by atoms with van der Waals surface area (Å²) in [5, 5.41) is 0. The largest absolute Gasteiger partial charge is 0.381 e. The fourth-order valence-corrected chi connectivity index (χ4v) is 2.28. The van der Waals surface area contributed by atoms with Crippen LogP contribution in [0.25, 0.3) is 0 Å². The molecule has 0 amide bonds. The van der Waals surface area contributed by atoms with Gasteiger partial charge in [-0.1, -0.05) is 18.1 Å². The van der Waals surface area contributed by atoms with Gasteiger partial charge in [0.25, 0.3) is 0 Å². The highest BCUT2D eigenvalue weighted by Gasteiger charge is 2.13. The van der Waals surface area contributed by atoms with Crippen molar-refractivity contribution in [1.82, 2.24) is 0 Å². The van der Waals surface area contributed by atoms with Gasteiger partial charge in [-0.05, 0) is 49.8 Å². The second kappa shape index (κ2) is 9.57. The lowest BCUT2D eigenvalue weighted by Gasteiger charge is -2.22. The molecule has 1 aliphatic rings. The number of hydrogen-bond acceptors (Lipinski definition) is 3. The lowest BCUT2D eigenvalue weighted by atomic mass is 10.1. The zero-order chi connectivity index (χ0) is 14.8. The minimum absolute atomic E-state index is 0.00780. The van der Waals surface area contributed by atoms with Crippen molar-refractivity contribution in [1.29, 1.82) is 0 Å². The average Bonchev–Trinajstić information content (AvgIpc) is 2.55. The average molecular weight is 288 g/mol. The van der Waals surface area contributed by atoms with Gasteiger partial charge in [-0.25, -0.2) is 0 Å². The Labute approximate surface area is 127 Å². The van der Waals surface area contributed by atoms with Crippen LogP contribution < -0.4 is 0 Å². The molecule has 1 aromatic carbocycles. The van der Waals surface area contributed by atoms with Crippen LogP contribution in [0.5, 0.6) is 0 Å². The summed E-state index contributed by atoms with van der Waals surface area (Å²) >= 11 is 0. The predicted octanol–water partition coefficient (Wildman–Crippen LogP) is 3.16. The maximum absolute atomic E-state index is 5.65. The van der Waals surface area contributed by atoms with Crippen molar-refractivity contribution >= 4 is 0 Å². The Morgan fingerprint density at radius 3 is 2.71 bits per heavy atom. The Morgan fingerprint density at radius 1 is 1.14 bits per heavy atom. The van der Waals surface area contributed by atoms with E-state index in [-0.39, 0.29) is 6.29 Å². The first-order chi connectivity index (χ1) is 10.4. The second-order valence-electron chi connectivity index (χ2n) is 5.22. The van der Waals surface area contributed by atoms with Gasteiger partial charge in [-0.15, -0.1) is 6.42 Å². The molecule has 1 aromatic rings. The molecule has 1 fully saturated rings. The third-order valence-corrected chi connectivity index (χ3v) is 3.53. The van der Waals surface area contributed by atoms with Crippen LogP contribution in [0.4, 0.5) is 0 Å². The van der Waals surface area contributed by atoms with Gasteiger partial charge in [-0.2, -0.15) is 0 Å². The first-order valence-electron chi connectivity index (χ1n) is 7.75. The summed E-state index contributed by atoms with van der Waals surface area (Å²) in [6, 6.07) is 8.05. The number of terminal acetylenes is 1. The van der Waals surface area contributed by atoms with Crippen molar-refractivity contribution in [2.45, 2.75) is 38.4 Å². The Kier molecular flexibility index (Phi) is 7.31. The summed E-state index contributed by atoms with van der Waals surface area (Å²) < 4.78 is 16.8. The van der Waals surface area contributed by atoms with Crippen LogP contribution in [-0.2, 0) is 20.6 Å². The summed E-state index contributed by atoms with van der Waals surface area (Å²) in [4.78, 5) is 0. The van der Waals surface area contributed by atoms with Crippen LogP contribution in [0.15, 0.2) is 24.3 Å². The van der Waals surface area contributed by atoms with Crippen LogP contribution in [0, 0.1) is 12.3 Å². The molecule has 21 heavy (non-hydrogen) atoms. The minimum atomic E-state index is 0.00780. The highest BCUT2D eigenvalue weighted by atomic mass is 16.7. The highest BCUT2D eigenvalue weighted by Crippen LogP contribution is 2.13. The lowest BCUT2D eigenvalue weighted by Crippen LogP contribution is -2.23. The van der Waals surface area contributed by atoms with Gasteiger partial charge in [0.2, 0.25) is 0 Å². The smallest absolute Gasteiger partial charge is 0.157 e. The molecule has 0 spiro atoms. The van der Waals surface area contributed by atoms with Gasteiger partial charge in [0.1, 0.15) is 0 Å². The van der Waals surface area contributed by atoms with Crippen molar-refractivity contribution in [2.75, 3.05) is 26.4 Å². The Bertz CT molecular complexity index is 427. The first kappa shape index (κ1) is 16.0. The molecule has 1 saturated heterocycles. The standard InChI is InChI=1S/C18H24O3/c1-2-16-7-9-17(10-8-16)11-15-19-12-5-14-21-18-6-3-4-13-20-18/h1,7-10,18H,3-6,11-15H2. The summed E-state index contributed by atoms with van der Waals surface area (Å²) in [6.45, 7) is 3.01. The maximum Gasteiger partial charge on any atom is 0.157 e. The van der Waals surface area contributed by atoms with Crippen LogP contribution in [-0.4, -0.2) is 32.7 Å². The topological polar surface area (TPSA) is 27.7 Å². The maximum atomic E-state index is 5.65. The van der Waals surface area contributed by atoms with E-state index in [1.807, 2.05) is 12.1 Å². The molecule has 3 nitrogen and oxygen atoms in total. The molecule has 1 atom stereocenters. The van der Waals surface area contributed by atoms with Crippen LogP contribution in [0.1, 0.15) is 36.8 Å². The monoisotopic (exact) mass is 288 g/mol. The van der Waals surface area contributed by atoms with E-state index in [0.29, 0.717) is 6.61 Å². The van der Waals surface area contributed by atoms with E-state index in [0.717, 1.165) is 51.1 Å². The number of rotatable bonds is 8. The van der Waals surface area contributed by atoms with E-state index in [1.165, 1.54) is 12.0 Å². The Balaban J connectivity index is 1.47. The summed E-state index contributed by atoms with van der Waals surface area (Å²) in [5.74, 6) is 2.62. The molecular weight excluding hydrogens is 264 g/mol. The molecular formula is C18H24O3. The zero-order valence-electron chi connectivity index (χ0n) is 12.6. The predicted molar refractivity (Wildman–Crippen MR) is 83.1 cm³/mol. The summed E-state index contributed by atoms with van der Waals surface area (Å²) in [6.07, 6.45) is 10.5. The van der Waals surface area contributed by atoms with E-state index >= 15 is 0 Å². The normalized spacial score (nSPS) is 18.3. The SMILES string of the molecule is C#Cc1ccc(CCOCCCOC2CCCCO2)cc1. The van der Waals surface area contributed by atoms with Gasteiger partial charge in [0.15, 0.2) is 6.29 Å². The third kappa shape index (κ3) is 6.31. The summed E-state index contributed by atoms with van der Waals surface area (Å²) in [5.41, 5.74) is 2.17. The molecule has 1 heterocycles. The molecule has 0 N–H and O–H groups in total. The van der Waals surface area contributed by atoms with E-state index in [4.69, 9.17) is 20.6 Å². The Morgan fingerprint density at radius 2 is 2.00 bits per heavy atom. The molecule has 0 aliphatic carbocycles. The van der Waals surface area contributed by atoms with E-state index in [2.05, 4.69) is 18.1 Å². The quantitative estimate of drug-likeness (QED) is 0.543. The number of benzene rings is 1. The molecule has 1 unspecified atom stereocenters. The zero-order valence-corrected chi connectivity index (χ0v) is 12.6. The van der Waals surface area contributed by atoms with Crippen LogP contribution in [0.3, 0.4) is 0 Å². The van der Waals surface area contributed by atoms with Gasteiger partial charge in [0.05, 0.1) is 13.2 Å². The van der Waals surface area contributed by atoms with Crippen molar-refractivity contribution in [3.05, 3.63) is 35.4 Å². The number of hydrogen-bond donors (Lipinski definition) is 0. The van der Waals surface area contributed by atoms with Crippen molar-refractivity contribution in [3.8, 4) is 12.3 Å². The molecule has 2 rings (SSSR count). The third-order valence-electron chi connectivity index (χ3n) is 3.53. The fraction of sp³-hybridized carbons (Fsp3) is 0.556. The minimum Gasteiger partial charge on any atom is -0.381 e. The van der Waals surface area contributed by atoms with Gasteiger partial charge in [-0.3, -0.25) is 0 Å². The second-order valence-corrected chi connectivity index (χ2v) is 5.22. The van der Waals surface area contributed by atoms with E-state index in [9.17, 15) is 0 Å². The van der Waals surface area contributed by atoms with Crippen molar-refractivity contribution in [2.24, 2.45) is 0 Å². The van der Waals surface area contributed by atoms with Crippen molar-refractivity contribution < 1.29 is 14.2 Å². The van der Waals surface area contributed by atoms with Crippen molar-refractivity contribution in [3.63, 3.8) is 0 Å². The molecule has 3 heteroatoms. The van der Waals surface area contributed by atoms with Gasteiger partial charge >= 0.3 is 0 Å². The highest BCUT2D eigenvalue weighted by molar-refractivity contribution is 5.34. The molecule has 0 radical (unpaired) electrons. The molecule has 0 saturated carbocycles. The molecule has 0 bridgehead atoms. The van der Waals surface area contributed by atoms with E-state index < -0.39 is 0 Å². The lowest BCUT2D eigenvalue weighted by molar-refractivity contribution is -0.164. The fourth-order valence-electron chi connectivity index (χ4n) is 2.28. The molecule has 1 aliphatic heterocycles. The first-order valence-corrected chi connectivity index (χ1v) is 7.75. The van der Waals surface area contributed by atoms with E-state index in [1.54, 1.807) is 0 Å². The molecule has 114 valence electrons. The van der Waals surface area contributed by atoms with Gasteiger partial charge in [0, 0.05) is 18.8 Å². The van der Waals surface area contributed by atoms with Crippen LogP contribution in [0.2, 0.25) is 0 Å². The number of ether oxygens (including phenoxy) is 3. The van der Waals surface area contributed by atoms with Gasteiger partial charge < -0.3 is 14.2 Å². The summed E-state index contributed by atoms with van der Waals surface area (Å²) in [7, 11) is 0.